The first kappa shape index (κ1) is 18.7. The number of nitrogens with zero attached hydrogens (tertiary/aromatic N) is 2. The van der Waals surface area contributed by atoms with E-state index in [2.05, 4.69) is 5.32 Å². The Morgan fingerprint density at radius 3 is 2.50 bits per heavy atom. The van der Waals surface area contributed by atoms with Gasteiger partial charge in [0, 0.05) is 44.6 Å². The molecule has 0 aliphatic carbocycles. The van der Waals surface area contributed by atoms with E-state index in [1.165, 1.54) is 22.8 Å². The molecule has 1 aromatic heterocycles. The summed E-state index contributed by atoms with van der Waals surface area (Å²) in [4.78, 5) is 26.2. The Balaban J connectivity index is 1.41. The van der Waals surface area contributed by atoms with Crippen molar-refractivity contribution >= 4 is 11.7 Å². The molecule has 1 aromatic carbocycles. The Bertz CT molecular complexity index is 911. The van der Waals surface area contributed by atoms with E-state index < -0.39 is 5.82 Å². The topological polar surface area (TPSA) is 63.6 Å². The number of halogens is 1. The van der Waals surface area contributed by atoms with E-state index in [0.29, 0.717) is 24.2 Å². The Kier molecular flexibility index (Phi) is 5.17. The van der Waals surface area contributed by atoms with Crippen molar-refractivity contribution in [3.05, 3.63) is 58.8 Å². The lowest BCUT2D eigenvalue weighted by atomic mass is 9.72. The summed E-state index contributed by atoms with van der Waals surface area (Å²) in [6.45, 7) is 2.94. The van der Waals surface area contributed by atoms with Crippen molar-refractivity contribution in [1.29, 1.82) is 0 Å². The summed E-state index contributed by atoms with van der Waals surface area (Å²) in [5.74, 6) is -0.570. The van der Waals surface area contributed by atoms with Crippen molar-refractivity contribution in [1.82, 2.24) is 9.47 Å². The number of piperidine rings is 1. The SMILES string of the molecule is O=C(Nc1ccc(-n2ccccc2=O)cc1F)N1CCC2(CCOCC2)CC1. The number of hydrogen-bond acceptors (Lipinski definition) is 3. The molecule has 0 atom stereocenters. The van der Waals surface area contributed by atoms with Crippen LogP contribution in [0.3, 0.4) is 0 Å². The second kappa shape index (κ2) is 7.75. The van der Waals surface area contributed by atoms with Gasteiger partial charge in [-0.3, -0.25) is 9.36 Å². The molecule has 4 rings (SSSR count). The van der Waals surface area contributed by atoms with Gasteiger partial charge in [-0.15, -0.1) is 0 Å². The first-order valence-corrected chi connectivity index (χ1v) is 9.68. The van der Waals surface area contributed by atoms with Crippen LogP contribution in [-0.2, 0) is 4.74 Å². The first-order valence-electron chi connectivity index (χ1n) is 9.68. The predicted molar refractivity (Wildman–Crippen MR) is 104 cm³/mol. The summed E-state index contributed by atoms with van der Waals surface area (Å²) in [5, 5.41) is 2.66. The average Bonchev–Trinajstić information content (AvgIpc) is 2.71. The standard InChI is InChI=1S/C21H24FN3O3/c22-17-15-16(25-10-2-1-3-19(25)26)4-5-18(17)23-20(27)24-11-6-21(7-12-24)8-13-28-14-9-21/h1-5,10,15H,6-9,11-14H2,(H,23,27). The Hall–Kier alpha value is -2.67. The van der Waals surface area contributed by atoms with E-state index in [0.717, 1.165) is 38.9 Å². The van der Waals surface area contributed by atoms with Gasteiger partial charge >= 0.3 is 6.03 Å². The molecule has 2 fully saturated rings. The van der Waals surface area contributed by atoms with Gasteiger partial charge in [0.1, 0.15) is 5.82 Å². The molecule has 0 bridgehead atoms. The van der Waals surface area contributed by atoms with E-state index in [9.17, 15) is 14.0 Å². The summed E-state index contributed by atoms with van der Waals surface area (Å²) in [6, 6.07) is 8.83. The minimum atomic E-state index is -0.570. The zero-order valence-corrected chi connectivity index (χ0v) is 15.7. The zero-order chi connectivity index (χ0) is 19.6. The third-order valence-corrected chi connectivity index (χ3v) is 5.96. The van der Waals surface area contributed by atoms with Gasteiger partial charge < -0.3 is 15.0 Å². The highest BCUT2D eigenvalue weighted by Gasteiger charge is 2.37. The quantitative estimate of drug-likeness (QED) is 0.862. The lowest BCUT2D eigenvalue weighted by Gasteiger charge is -2.44. The molecule has 1 spiro atoms. The minimum absolute atomic E-state index is 0.115. The molecule has 0 radical (unpaired) electrons. The number of aromatic nitrogens is 1. The number of hydrogen-bond donors (Lipinski definition) is 1. The van der Waals surface area contributed by atoms with E-state index in [4.69, 9.17) is 4.74 Å². The number of amides is 2. The fourth-order valence-electron chi connectivity index (χ4n) is 4.08. The van der Waals surface area contributed by atoms with E-state index in [1.54, 1.807) is 29.3 Å². The number of likely N-dealkylation sites (tertiary alicyclic amines) is 1. The smallest absolute Gasteiger partial charge is 0.321 e. The summed E-state index contributed by atoms with van der Waals surface area (Å²) >= 11 is 0. The second-order valence-electron chi connectivity index (χ2n) is 7.60. The monoisotopic (exact) mass is 385 g/mol. The predicted octanol–water partition coefficient (Wildman–Crippen LogP) is 3.40. The lowest BCUT2D eigenvalue weighted by molar-refractivity contribution is -0.0138. The second-order valence-corrected chi connectivity index (χ2v) is 7.60. The number of ether oxygens (including phenoxy) is 1. The number of nitrogens with one attached hydrogen (secondary N) is 1. The van der Waals surface area contributed by atoms with Crippen molar-refractivity contribution in [3.8, 4) is 5.69 Å². The molecule has 1 N–H and O–H groups in total. The largest absolute Gasteiger partial charge is 0.381 e. The van der Waals surface area contributed by atoms with Crippen LogP contribution < -0.4 is 10.9 Å². The molecule has 3 heterocycles. The van der Waals surface area contributed by atoms with Gasteiger partial charge in [-0.05, 0) is 49.3 Å². The molecular formula is C21H24FN3O3. The van der Waals surface area contributed by atoms with Crippen LogP contribution in [0.15, 0.2) is 47.4 Å². The number of carbonyl (C=O) groups is 1. The molecule has 28 heavy (non-hydrogen) atoms. The normalized spacial score (nSPS) is 18.8. The van der Waals surface area contributed by atoms with Crippen molar-refractivity contribution in [3.63, 3.8) is 0 Å². The maximum absolute atomic E-state index is 14.5. The van der Waals surface area contributed by atoms with E-state index in [1.807, 2.05) is 0 Å². The zero-order valence-electron chi connectivity index (χ0n) is 15.7. The van der Waals surface area contributed by atoms with Crippen LogP contribution >= 0.6 is 0 Å². The first-order chi connectivity index (χ1) is 13.6. The minimum Gasteiger partial charge on any atom is -0.381 e. The van der Waals surface area contributed by atoms with Crippen LogP contribution in [0.2, 0.25) is 0 Å². The van der Waals surface area contributed by atoms with Crippen molar-refractivity contribution in [2.45, 2.75) is 25.7 Å². The van der Waals surface area contributed by atoms with Crippen LogP contribution in [0.1, 0.15) is 25.7 Å². The van der Waals surface area contributed by atoms with Gasteiger partial charge in [0.15, 0.2) is 0 Å². The summed E-state index contributed by atoms with van der Waals surface area (Å²) in [5.41, 5.74) is 0.587. The number of carbonyl (C=O) groups excluding carboxylic acids is 1. The molecule has 2 amide bonds. The number of benzene rings is 1. The maximum atomic E-state index is 14.5. The van der Waals surface area contributed by atoms with E-state index in [-0.39, 0.29) is 17.3 Å². The lowest BCUT2D eigenvalue weighted by Crippen LogP contribution is -2.46. The number of pyridine rings is 1. The number of rotatable bonds is 2. The highest BCUT2D eigenvalue weighted by molar-refractivity contribution is 5.89. The highest BCUT2D eigenvalue weighted by atomic mass is 19.1. The number of urea groups is 1. The molecule has 6 nitrogen and oxygen atoms in total. The Morgan fingerprint density at radius 2 is 1.82 bits per heavy atom. The van der Waals surface area contributed by atoms with Crippen LogP contribution in [0.25, 0.3) is 5.69 Å². The molecule has 7 heteroatoms. The van der Waals surface area contributed by atoms with Gasteiger partial charge in [-0.25, -0.2) is 9.18 Å². The molecule has 0 saturated carbocycles. The molecule has 2 aliphatic heterocycles. The van der Waals surface area contributed by atoms with Gasteiger partial charge in [-0.2, -0.15) is 0 Å². The van der Waals surface area contributed by atoms with Gasteiger partial charge in [0.2, 0.25) is 0 Å². The fourth-order valence-corrected chi connectivity index (χ4v) is 4.08. The molecule has 2 saturated heterocycles. The third-order valence-electron chi connectivity index (χ3n) is 5.96. The fraction of sp³-hybridized carbons (Fsp3) is 0.429. The maximum Gasteiger partial charge on any atom is 0.321 e. The third kappa shape index (κ3) is 3.80. The Morgan fingerprint density at radius 1 is 1.07 bits per heavy atom. The molecule has 148 valence electrons. The van der Waals surface area contributed by atoms with Crippen LogP contribution in [-0.4, -0.2) is 41.8 Å². The van der Waals surface area contributed by atoms with Crippen LogP contribution in [0.4, 0.5) is 14.9 Å². The van der Waals surface area contributed by atoms with Gasteiger partial charge in [0.25, 0.3) is 5.56 Å². The van der Waals surface area contributed by atoms with Crippen molar-refractivity contribution in [2.75, 3.05) is 31.6 Å². The van der Waals surface area contributed by atoms with E-state index >= 15 is 0 Å². The Labute approximate surface area is 162 Å². The highest BCUT2D eigenvalue weighted by Crippen LogP contribution is 2.40. The van der Waals surface area contributed by atoms with Crippen molar-refractivity contribution in [2.24, 2.45) is 5.41 Å². The van der Waals surface area contributed by atoms with Crippen LogP contribution in [0, 0.1) is 11.2 Å². The summed E-state index contributed by atoms with van der Waals surface area (Å²) in [6.07, 6.45) is 5.61. The van der Waals surface area contributed by atoms with Crippen LogP contribution in [0.5, 0.6) is 0 Å². The summed E-state index contributed by atoms with van der Waals surface area (Å²) in [7, 11) is 0. The van der Waals surface area contributed by atoms with Gasteiger partial charge in [-0.1, -0.05) is 6.07 Å². The summed E-state index contributed by atoms with van der Waals surface area (Å²) < 4.78 is 21.3. The van der Waals surface area contributed by atoms with Crippen molar-refractivity contribution < 1.29 is 13.9 Å². The molecule has 0 unspecified atom stereocenters. The van der Waals surface area contributed by atoms with Gasteiger partial charge in [0.05, 0.1) is 11.4 Å². The number of anilines is 1. The molecular weight excluding hydrogens is 361 g/mol. The average molecular weight is 385 g/mol. The molecule has 2 aliphatic rings. The molecule has 2 aromatic rings.